The van der Waals surface area contributed by atoms with E-state index in [2.05, 4.69) is 15.9 Å². The maximum absolute atomic E-state index is 10.3. The number of aldehydes is 1. The quantitative estimate of drug-likeness (QED) is 0.526. The summed E-state index contributed by atoms with van der Waals surface area (Å²) >= 11 is 3.67. The van der Waals surface area contributed by atoms with Crippen molar-refractivity contribution in [3.05, 3.63) is 65.8 Å². The van der Waals surface area contributed by atoms with Gasteiger partial charge in [-0.25, -0.2) is 0 Å². The van der Waals surface area contributed by atoms with Gasteiger partial charge in [0, 0.05) is 5.56 Å². The van der Waals surface area contributed by atoms with Gasteiger partial charge in [-0.15, -0.1) is 0 Å². The molecule has 0 radical (unpaired) electrons. The number of hydrogen-bond donors (Lipinski definition) is 1. The van der Waals surface area contributed by atoms with Crippen LogP contribution in [0.2, 0.25) is 0 Å². The summed E-state index contributed by atoms with van der Waals surface area (Å²) in [5, 5.41) is 9.89. The second-order valence-electron chi connectivity index (χ2n) is 4.12. The third-order valence-electron chi connectivity index (χ3n) is 2.89. The van der Waals surface area contributed by atoms with Crippen LogP contribution in [0.4, 0.5) is 0 Å². The summed E-state index contributed by atoms with van der Waals surface area (Å²) in [5.41, 5.74) is 1.84. The zero-order valence-corrected chi connectivity index (χ0v) is 11.3. The fraction of sp³-hybridized carbons (Fsp3) is 0.133. The highest BCUT2D eigenvalue weighted by Gasteiger charge is 2.29. The number of allylic oxidation sites excluding steroid dienone is 6. The molecule has 1 aromatic rings. The Hall–Kier alpha value is -1.61. The number of rotatable bonds is 3. The minimum absolute atomic E-state index is 0.277. The first-order valence-corrected chi connectivity index (χ1v) is 6.44. The summed E-state index contributed by atoms with van der Waals surface area (Å²) in [6.07, 6.45) is 10.7. The van der Waals surface area contributed by atoms with Crippen LogP contribution in [0.25, 0.3) is 0 Å². The number of carbonyl (C=O) groups excluding carboxylic acids is 1. The predicted octanol–water partition coefficient (Wildman–Crippen LogP) is 3.62. The first-order chi connectivity index (χ1) is 8.65. The highest BCUT2D eigenvalue weighted by Crippen LogP contribution is 2.43. The van der Waals surface area contributed by atoms with Crippen molar-refractivity contribution < 1.29 is 9.90 Å². The van der Waals surface area contributed by atoms with E-state index in [1.807, 2.05) is 30.4 Å². The molecular weight excluding hydrogens is 292 g/mol. The van der Waals surface area contributed by atoms with Crippen LogP contribution in [0, 0.1) is 0 Å². The average Bonchev–Trinajstić information content (AvgIpc) is 2.39. The normalized spacial score (nSPS) is 23.1. The van der Waals surface area contributed by atoms with E-state index < -0.39 is 0 Å². The van der Waals surface area contributed by atoms with Crippen molar-refractivity contribution >= 4 is 22.2 Å². The smallest absolute Gasteiger partial charge is 0.142 e. The van der Waals surface area contributed by atoms with Gasteiger partial charge in [0.2, 0.25) is 0 Å². The molecule has 1 N–H and O–H groups in total. The van der Waals surface area contributed by atoms with E-state index >= 15 is 0 Å². The molecule has 2 rings (SSSR count). The largest absolute Gasteiger partial charge is 0.508 e. The molecule has 1 atom stereocenters. The maximum Gasteiger partial charge on any atom is 0.142 e. The molecule has 1 aliphatic carbocycles. The van der Waals surface area contributed by atoms with Gasteiger partial charge in [0.25, 0.3) is 0 Å². The molecule has 0 aromatic heterocycles. The standard InChI is InChI=1S/C15H13BrO2/c16-15(13-5-1-2-6-14(13)18)9-7-12(8-10-15)4-3-11-17/h1-9,11,18H,10H2. The Morgan fingerprint density at radius 2 is 2.11 bits per heavy atom. The molecule has 0 amide bonds. The van der Waals surface area contributed by atoms with Gasteiger partial charge in [0.05, 0.1) is 4.32 Å². The van der Waals surface area contributed by atoms with Gasteiger partial charge in [-0.2, -0.15) is 0 Å². The second-order valence-corrected chi connectivity index (χ2v) is 5.53. The van der Waals surface area contributed by atoms with Crippen molar-refractivity contribution in [1.29, 1.82) is 0 Å². The highest BCUT2D eigenvalue weighted by atomic mass is 79.9. The minimum Gasteiger partial charge on any atom is -0.508 e. The molecule has 0 fully saturated rings. The molecule has 0 saturated heterocycles. The number of phenols is 1. The second kappa shape index (κ2) is 5.36. The Kier molecular flexibility index (Phi) is 3.82. The number of benzene rings is 1. The SMILES string of the molecule is O=CC=CC1=CCC(Br)(c2ccccc2O)C=C1. The number of hydrogen-bond acceptors (Lipinski definition) is 2. The van der Waals surface area contributed by atoms with Gasteiger partial charge in [0.1, 0.15) is 12.0 Å². The molecule has 1 aromatic carbocycles. The molecule has 0 bridgehead atoms. The Morgan fingerprint density at radius 3 is 2.72 bits per heavy atom. The molecule has 92 valence electrons. The molecule has 0 spiro atoms. The van der Waals surface area contributed by atoms with Crippen LogP contribution in [0.3, 0.4) is 0 Å². The summed E-state index contributed by atoms with van der Waals surface area (Å²) in [4.78, 5) is 10.3. The van der Waals surface area contributed by atoms with Crippen LogP contribution >= 0.6 is 15.9 Å². The van der Waals surface area contributed by atoms with Crippen LogP contribution in [0.1, 0.15) is 12.0 Å². The van der Waals surface area contributed by atoms with Crippen molar-refractivity contribution in [2.45, 2.75) is 10.7 Å². The molecule has 2 nitrogen and oxygen atoms in total. The van der Waals surface area contributed by atoms with Gasteiger partial charge in [-0.1, -0.05) is 58.4 Å². The van der Waals surface area contributed by atoms with E-state index in [1.54, 1.807) is 18.2 Å². The first kappa shape index (κ1) is 12.8. The maximum atomic E-state index is 10.3. The van der Waals surface area contributed by atoms with Gasteiger partial charge in [-0.3, -0.25) is 4.79 Å². The number of halogens is 1. The third-order valence-corrected chi connectivity index (χ3v) is 3.91. The fourth-order valence-electron chi connectivity index (χ4n) is 1.93. The molecular formula is C15H13BrO2. The Bertz CT molecular complexity index is 543. The van der Waals surface area contributed by atoms with E-state index in [-0.39, 0.29) is 10.1 Å². The van der Waals surface area contributed by atoms with Gasteiger partial charge < -0.3 is 5.11 Å². The fourth-order valence-corrected chi connectivity index (χ4v) is 2.56. The van der Waals surface area contributed by atoms with Crippen LogP contribution in [0.5, 0.6) is 5.75 Å². The zero-order chi connectivity index (χ0) is 13.0. The third kappa shape index (κ3) is 2.62. The Balaban J connectivity index is 2.25. The number of alkyl halides is 1. The lowest BCUT2D eigenvalue weighted by molar-refractivity contribution is -0.104. The Labute approximate surface area is 114 Å². The summed E-state index contributed by atoms with van der Waals surface area (Å²) in [6.45, 7) is 0. The topological polar surface area (TPSA) is 37.3 Å². The number of aromatic hydroxyl groups is 1. The molecule has 18 heavy (non-hydrogen) atoms. The summed E-state index contributed by atoms with van der Waals surface area (Å²) < 4.78 is -0.378. The number of para-hydroxylation sites is 1. The van der Waals surface area contributed by atoms with E-state index in [0.717, 1.165) is 23.8 Å². The van der Waals surface area contributed by atoms with Crippen molar-refractivity contribution in [3.63, 3.8) is 0 Å². The van der Waals surface area contributed by atoms with Crippen LogP contribution < -0.4 is 0 Å². The van der Waals surface area contributed by atoms with Crippen molar-refractivity contribution in [3.8, 4) is 5.75 Å². The minimum atomic E-state index is -0.378. The molecule has 0 heterocycles. The zero-order valence-electron chi connectivity index (χ0n) is 9.71. The number of phenolic OH excluding ortho intramolecular Hbond substituents is 1. The van der Waals surface area contributed by atoms with E-state index in [9.17, 15) is 9.90 Å². The molecule has 1 aliphatic rings. The van der Waals surface area contributed by atoms with Crippen LogP contribution in [-0.4, -0.2) is 11.4 Å². The van der Waals surface area contributed by atoms with Crippen molar-refractivity contribution in [2.75, 3.05) is 0 Å². The van der Waals surface area contributed by atoms with E-state index in [4.69, 9.17) is 0 Å². The van der Waals surface area contributed by atoms with Gasteiger partial charge in [-0.05, 0) is 24.1 Å². The van der Waals surface area contributed by atoms with E-state index in [1.165, 1.54) is 6.08 Å². The van der Waals surface area contributed by atoms with Crippen LogP contribution in [0.15, 0.2) is 60.2 Å². The van der Waals surface area contributed by atoms with Gasteiger partial charge in [0.15, 0.2) is 0 Å². The lowest BCUT2D eigenvalue weighted by Gasteiger charge is -2.26. The predicted molar refractivity (Wildman–Crippen MR) is 75.8 cm³/mol. The highest BCUT2D eigenvalue weighted by molar-refractivity contribution is 9.09. The first-order valence-electron chi connectivity index (χ1n) is 5.64. The number of carbonyl (C=O) groups is 1. The van der Waals surface area contributed by atoms with Gasteiger partial charge >= 0.3 is 0 Å². The summed E-state index contributed by atoms with van der Waals surface area (Å²) in [6, 6.07) is 7.28. The molecule has 0 saturated carbocycles. The monoisotopic (exact) mass is 304 g/mol. The van der Waals surface area contributed by atoms with E-state index in [0.29, 0.717) is 0 Å². The van der Waals surface area contributed by atoms with Crippen molar-refractivity contribution in [1.82, 2.24) is 0 Å². The Morgan fingerprint density at radius 1 is 1.33 bits per heavy atom. The summed E-state index contributed by atoms with van der Waals surface area (Å²) in [5.74, 6) is 0.277. The summed E-state index contributed by atoms with van der Waals surface area (Å²) in [7, 11) is 0. The lowest BCUT2D eigenvalue weighted by atomic mass is 9.89. The lowest BCUT2D eigenvalue weighted by Crippen LogP contribution is -2.16. The average molecular weight is 305 g/mol. The van der Waals surface area contributed by atoms with Crippen molar-refractivity contribution in [2.24, 2.45) is 0 Å². The molecule has 0 aliphatic heterocycles. The molecule has 1 unspecified atom stereocenters. The molecule has 3 heteroatoms. The van der Waals surface area contributed by atoms with Crippen LogP contribution in [-0.2, 0) is 9.12 Å².